The molecule has 1 fully saturated rings. The van der Waals surface area contributed by atoms with Crippen LogP contribution in [0.3, 0.4) is 0 Å². The maximum absolute atomic E-state index is 13.9. The smallest absolute Gasteiger partial charge is 0.309 e. The van der Waals surface area contributed by atoms with Crippen molar-refractivity contribution < 1.29 is 82.0 Å². The SMILES string of the molecule is CC(C)C[C@@H]1NC(=O)[C@H](CO)NC(=O)[C@H](CO)NC(=O)[C@@H](CC(=O)[C@H](C)NC(=O)[C@H](CC(N)=O)CC(=O)[C@@H](NC(=O)CCC(=O)COCCOCCNC(=O)[C@@H](N)CS)C(C)C)COC(=O)[C@H](Cc2ccccc2)CC1=O. The van der Waals surface area contributed by atoms with Crippen LogP contribution in [0.2, 0.25) is 0 Å². The van der Waals surface area contributed by atoms with E-state index in [2.05, 4.69) is 44.5 Å². The van der Waals surface area contributed by atoms with E-state index in [0.717, 1.165) is 0 Å². The molecule has 26 heteroatoms. The van der Waals surface area contributed by atoms with E-state index < -0.39 is 170 Å². The van der Waals surface area contributed by atoms with Crippen LogP contribution in [0.25, 0.3) is 0 Å². The average Bonchev–Trinajstić information content (AvgIpc) is 3.38. The van der Waals surface area contributed by atoms with Crippen LogP contribution in [-0.2, 0) is 78.2 Å². The second kappa shape index (κ2) is 35.3. The molecule has 430 valence electrons. The zero-order valence-electron chi connectivity index (χ0n) is 44.4. The Kier molecular flexibility index (Phi) is 30.7. The molecule has 1 aliphatic heterocycles. The standard InChI is InChI=1S/C51H78N8O17S/c1-28(2)17-37-41(64)20-33(18-31-9-7-6-8-10-31)51(73)76-25-34(47(69)57-38(23-60)50(72)58-39(24-61)49(71)56-37)21-40(63)30(5)55-46(68)32(22-43(53)66)19-42(65)45(29(3)4)59-44(67)12-11-35(62)26-75-16-15-74-14-13-54-48(70)36(52)27-77/h6-10,28-30,32-34,36-39,45,60-61,77H,11-27,52H2,1-5H3,(H2,53,66)(H,54,70)(H,55,68)(H,56,71)(H,57,69)(H,58,72)(H,59,67)/t30-,32-,33+,34-,36-,37-,38-,39-,45-/m0/s1. The average molecular weight is 1110 g/mol. The maximum atomic E-state index is 13.9. The number of carbonyl (C=O) groups is 12. The van der Waals surface area contributed by atoms with Crippen molar-refractivity contribution in [1.82, 2.24) is 31.9 Å². The number of hydrogen-bond acceptors (Lipinski definition) is 19. The topological polar surface area (TPSA) is 397 Å². The van der Waals surface area contributed by atoms with Crippen LogP contribution in [0, 0.1) is 29.6 Å². The molecule has 12 N–H and O–H groups in total. The summed E-state index contributed by atoms with van der Waals surface area (Å²) in [5.41, 5.74) is 11.7. The molecule has 1 saturated heterocycles. The third-order valence-electron chi connectivity index (χ3n) is 12.2. The zero-order valence-corrected chi connectivity index (χ0v) is 45.3. The molecular formula is C51H78N8O17S. The fourth-order valence-electron chi connectivity index (χ4n) is 7.77. The van der Waals surface area contributed by atoms with Gasteiger partial charge in [0.2, 0.25) is 41.4 Å². The van der Waals surface area contributed by atoms with Crippen LogP contribution in [-0.4, -0.2) is 175 Å². The van der Waals surface area contributed by atoms with E-state index in [9.17, 15) is 67.7 Å². The van der Waals surface area contributed by atoms with Gasteiger partial charge in [0.15, 0.2) is 23.1 Å². The van der Waals surface area contributed by atoms with Crippen molar-refractivity contribution in [2.24, 2.45) is 41.1 Å². The lowest BCUT2D eigenvalue weighted by Crippen LogP contribution is -2.58. The van der Waals surface area contributed by atoms with E-state index in [1.54, 1.807) is 58.0 Å². The monoisotopic (exact) mass is 1110 g/mol. The van der Waals surface area contributed by atoms with Gasteiger partial charge in [0.05, 0.1) is 75.0 Å². The highest BCUT2D eigenvalue weighted by Gasteiger charge is 2.37. The fraction of sp³-hybridized carbons (Fsp3) is 0.647. The van der Waals surface area contributed by atoms with Crippen LogP contribution in [0.5, 0.6) is 0 Å². The molecule has 7 amide bonds. The molecule has 9 atom stereocenters. The van der Waals surface area contributed by atoms with Crippen molar-refractivity contribution in [3.05, 3.63) is 35.9 Å². The highest BCUT2D eigenvalue weighted by molar-refractivity contribution is 7.80. The molecule has 0 unspecified atom stereocenters. The third kappa shape index (κ3) is 25.2. The number of rotatable bonds is 31. The number of aliphatic hydroxyl groups is 2. The largest absolute Gasteiger partial charge is 0.465 e. The quantitative estimate of drug-likeness (QED) is 0.0204. The first-order valence-electron chi connectivity index (χ1n) is 25.5. The first kappa shape index (κ1) is 66.9. The van der Waals surface area contributed by atoms with Gasteiger partial charge in [-0.25, -0.2) is 0 Å². The predicted molar refractivity (Wildman–Crippen MR) is 279 cm³/mol. The Balaban J connectivity index is 2.21. The number of esters is 1. The minimum atomic E-state index is -1.77. The van der Waals surface area contributed by atoms with Crippen LogP contribution >= 0.6 is 12.6 Å². The number of cyclic esters (lactones) is 1. The van der Waals surface area contributed by atoms with E-state index in [0.29, 0.717) is 5.56 Å². The van der Waals surface area contributed by atoms with Gasteiger partial charge >= 0.3 is 5.97 Å². The van der Waals surface area contributed by atoms with E-state index in [-0.39, 0.29) is 76.2 Å². The highest BCUT2D eigenvalue weighted by Crippen LogP contribution is 2.21. The maximum Gasteiger partial charge on any atom is 0.309 e. The molecule has 0 aromatic heterocycles. The number of hydrogen-bond donors (Lipinski definition) is 11. The number of nitrogens with two attached hydrogens (primary N) is 2. The van der Waals surface area contributed by atoms with Crippen LogP contribution in [0.15, 0.2) is 30.3 Å². The zero-order chi connectivity index (χ0) is 57.8. The van der Waals surface area contributed by atoms with Gasteiger partial charge in [-0.05, 0) is 37.2 Å². The Labute approximate surface area is 453 Å². The molecule has 0 aliphatic carbocycles. The van der Waals surface area contributed by atoms with Crippen LogP contribution < -0.4 is 43.4 Å². The fourth-order valence-corrected chi connectivity index (χ4v) is 7.94. The molecule has 77 heavy (non-hydrogen) atoms. The lowest BCUT2D eigenvalue weighted by Gasteiger charge is -2.27. The summed E-state index contributed by atoms with van der Waals surface area (Å²) >= 11 is 3.96. The normalized spacial score (nSPS) is 20.4. The number of ketones is 4. The molecule has 0 spiro atoms. The molecule has 1 aliphatic rings. The summed E-state index contributed by atoms with van der Waals surface area (Å²) in [7, 11) is 0. The number of primary amides is 1. The van der Waals surface area contributed by atoms with E-state index in [1.807, 2.05) is 0 Å². The van der Waals surface area contributed by atoms with Gasteiger partial charge < -0.3 is 67.8 Å². The van der Waals surface area contributed by atoms with Gasteiger partial charge in [0.25, 0.3) is 0 Å². The van der Waals surface area contributed by atoms with Gasteiger partial charge in [0.1, 0.15) is 25.3 Å². The summed E-state index contributed by atoms with van der Waals surface area (Å²) in [5.74, 6) is -14.3. The van der Waals surface area contributed by atoms with Gasteiger partial charge in [-0.1, -0.05) is 58.0 Å². The minimum Gasteiger partial charge on any atom is -0.465 e. The summed E-state index contributed by atoms with van der Waals surface area (Å²) < 4.78 is 16.2. The predicted octanol–water partition coefficient (Wildman–Crippen LogP) is -2.73. The lowest BCUT2D eigenvalue weighted by molar-refractivity contribution is -0.154. The summed E-state index contributed by atoms with van der Waals surface area (Å²) in [6, 6.07) is 0.684. The molecular weight excluding hydrogens is 1030 g/mol. The second-order valence-electron chi connectivity index (χ2n) is 19.6. The Morgan fingerprint density at radius 1 is 0.766 bits per heavy atom. The van der Waals surface area contributed by atoms with Crippen LogP contribution in [0.1, 0.15) is 85.1 Å². The Hall–Kier alpha value is -6.19. The molecule has 1 aromatic rings. The first-order valence-corrected chi connectivity index (χ1v) is 26.1. The Morgan fingerprint density at radius 3 is 1.96 bits per heavy atom. The lowest BCUT2D eigenvalue weighted by atomic mass is 9.89. The molecule has 0 saturated carbocycles. The number of thiol groups is 1. The second-order valence-corrected chi connectivity index (χ2v) is 19.9. The Bertz CT molecular complexity index is 2180. The van der Waals surface area contributed by atoms with E-state index >= 15 is 0 Å². The van der Waals surface area contributed by atoms with Crippen molar-refractivity contribution in [3.8, 4) is 0 Å². The number of benzene rings is 1. The molecule has 25 nitrogen and oxygen atoms in total. The van der Waals surface area contributed by atoms with Crippen molar-refractivity contribution in [2.75, 3.05) is 58.5 Å². The van der Waals surface area contributed by atoms with E-state index in [1.165, 1.54) is 6.92 Å². The summed E-state index contributed by atoms with van der Waals surface area (Å²) in [6.07, 6.45) is -2.92. The number of ether oxygens (including phenoxy) is 3. The van der Waals surface area contributed by atoms with Gasteiger partial charge in [-0.3, -0.25) is 57.5 Å². The molecule has 1 heterocycles. The van der Waals surface area contributed by atoms with Crippen molar-refractivity contribution >= 4 is 83.1 Å². The molecule has 1 aromatic carbocycles. The minimum absolute atomic E-state index is 0.0103. The summed E-state index contributed by atoms with van der Waals surface area (Å²) in [4.78, 5) is 159. The highest BCUT2D eigenvalue weighted by atomic mass is 32.1. The van der Waals surface area contributed by atoms with Gasteiger partial charge in [0, 0.05) is 50.8 Å². The van der Waals surface area contributed by atoms with E-state index in [4.69, 9.17) is 25.7 Å². The number of nitrogens with one attached hydrogen (secondary N) is 6. The van der Waals surface area contributed by atoms with Crippen molar-refractivity contribution in [2.45, 2.75) is 122 Å². The molecule has 0 radical (unpaired) electrons. The Morgan fingerprint density at radius 2 is 1.38 bits per heavy atom. The molecule has 2 rings (SSSR count). The van der Waals surface area contributed by atoms with Crippen LogP contribution in [0.4, 0.5) is 0 Å². The first-order chi connectivity index (χ1) is 36.4. The number of Topliss-reactive ketones (excluding diaryl/α,β-unsaturated/α-hetero) is 4. The summed E-state index contributed by atoms with van der Waals surface area (Å²) in [6.45, 7) is 5.53. The third-order valence-corrected chi connectivity index (χ3v) is 12.6. The van der Waals surface area contributed by atoms with Crippen molar-refractivity contribution in [1.29, 1.82) is 0 Å². The molecule has 0 bridgehead atoms. The van der Waals surface area contributed by atoms with Gasteiger partial charge in [-0.15, -0.1) is 0 Å². The number of amides is 7. The number of aliphatic hydroxyl groups excluding tert-OH is 2. The number of carbonyl (C=O) groups excluding carboxylic acids is 12. The van der Waals surface area contributed by atoms with Crippen molar-refractivity contribution in [3.63, 3.8) is 0 Å². The summed E-state index contributed by atoms with van der Waals surface area (Å²) in [5, 5.41) is 34.9. The van der Waals surface area contributed by atoms with Gasteiger partial charge in [-0.2, -0.15) is 12.6 Å².